The van der Waals surface area contributed by atoms with Crippen LogP contribution in [0.1, 0.15) is 37.7 Å². The molecule has 0 spiro atoms. The molecule has 1 aromatic carbocycles. The van der Waals surface area contributed by atoms with E-state index < -0.39 is 0 Å². The highest BCUT2D eigenvalue weighted by Gasteiger charge is 2.31. The molecule has 0 aromatic heterocycles. The van der Waals surface area contributed by atoms with Crippen molar-refractivity contribution in [2.45, 2.75) is 44.2 Å². The molecule has 1 fully saturated rings. The van der Waals surface area contributed by atoms with E-state index in [2.05, 4.69) is 12.1 Å². The molecular weight excluding hydrogens is 198 g/mol. The Morgan fingerprint density at radius 1 is 1.00 bits per heavy atom. The first-order chi connectivity index (χ1) is 7.93. The Balaban J connectivity index is 1.82. The molecule has 16 heavy (non-hydrogen) atoms. The van der Waals surface area contributed by atoms with Crippen LogP contribution in [0, 0.1) is 0 Å². The third-order valence-corrected chi connectivity index (χ3v) is 3.48. The van der Waals surface area contributed by atoms with Gasteiger partial charge in [-0.15, -0.1) is 0 Å². The second-order valence-electron chi connectivity index (χ2n) is 4.66. The van der Waals surface area contributed by atoms with E-state index in [1.54, 1.807) is 0 Å². The molecule has 2 atom stereocenters. The molecule has 1 heterocycles. The molecule has 0 amide bonds. The van der Waals surface area contributed by atoms with E-state index in [1.807, 2.05) is 18.2 Å². The molecular formula is C14H17NO. The third-order valence-electron chi connectivity index (χ3n) is 3.48. The minimum absolute atomic E-state index is 0.345. The molecule has 1 aliphatic heterocycles. The van der Waals surface area contributed by atoms with Crippen molar-refractivity contribution >= 4 is 5.90 Å². The summed E-state index contributed by atoms with van der Waals surface area (Å²) in [6.45, 7) is 0. The van der Waals surface area contributed by atoms with Gasteiger partial charge >= 0.3 is 0 Å². The molecule has 1 aliphatic carbocycles. The number of hydrogen-bond donors (Lipinski definition) is 0. The van der Waals surface area contributed by atoms with Gasteiger partial charge in [0.1, 0.15) is 6.10 Å². The van der Waals surface area contributed by atoms with E-state index in [0.29, 0.717) is 12.1 Å². The van der Waals surface area contributed by atoms with Crippen LogP contribution in [0.25, 0.3) is 0 Å². The summed E-state index contributed by atoms with van der Waals surface area (Å²) in [5.41, 5.74) is 1.12. The van der Waals surface area contributed by atoms with Gasteiger partial charge in [0.05, 0.1) is 6.04 Å². The van der Waals surface area contributed by atoms with Crippen molar-refractivity contribution in [3.05, 3.63) is 35.9 Å². The molecule has 2 heteroatoms. The molecule has 3 rings (SSSR count). The van der Waals surface area contributed by atoms with Crippen LogP contribution in [0.3, 0.4) is 0 Å². The zero-order valence-electron chi connectivity index (χ0n) is 9.43. The largest absolute Gasteiger partial charge is 0.472 e. The minimum Gasteiger partial charge on any atom is -0.472 e. The SMILES string of the molecule is c1ccc(C2=NC3CCCCCC3O2)cc1. The summed E-state index contributed by atoms with van der Waals surface area (Å²) >= 11 is 0. The van der Waals surface area contributed by atoms with Crippen LogP contribution in [0.15, 0.2) is 35.3 Å². The van der Waals surface area contributed by atoms with Gasteiger partial charge in [-0.25, -0.2) is 4.99 Å². The summed E-state index contributed by atoms with van der Waals surface area (Å²) in [5.74, 6) is 0.859. The second kappa shape index (κ2) is 4.28. The van der Waals surface area contributed by atoms with Crippen molar-refractivity contribution in [3.8, 4) is 0 Å². The number of aliphatic imine (C=N–C) groups is 1. The first kappa shape index (κ1) is 9.88. The van der Waals surface area contributed by atoms with E-state index in [9.17, 15) is 0 Å². The Hall–Kier alpha value is -1.31. The first-order valence-electron chi connectivity index (χ1n) is 6.23. The minimum atomic E-state index is 0.345. The van der Waals surface area contributed by atoms with Crippen LogP contribution in [0.4, 0.5) is 0 Å². The van der Waals surface area contributed by atoms with Crippen LogP contribution in [-0.2, 0) is 4.74 Å². The average Bonchev–Trinajstić information content (AvgIpc) is 2.62. The molecule has 1 saturated carbocycles. The monoisotopic (exact) mass is 215 g/mol. The summed E-state index contributed by atoms with van der Waals surface area (Å²) in [4.78, 5) is 4.73. The van der Waals surface area contributed by atoms with E-state index in [0.717, 1.165) is 11.5 Å². The van der Waals surface area contributed by atoms with Crippen molar-refractivity contribution in [1.82, 2.24) is 0 Å². The quantitative estimate of drug-likeness (QED) is 0.705. The van der Waals surface area contributed by atoms with E-state index in [-0.39, 0.29) is 0 Å². The van der Waals surface area contributed by atoms with E-state index in [4.69, 9.17) is 9.73 Å². The Kier molecular flexibility index (Phi) is 2.65. The topological polar surface area (TPSA) is 21.6 Å². The summed E-state index contributed by atoms with van der Waals surface area (Å²) in [7, 11) is 0. The molecule has 2 aliphatic rings. The maximum atomic E-state index is 5.98. The summed E-state index contributed by atoms with van der Waals surface area (Å²) in [6, 6.07) is 10.7. The Bertz CT molecular complexity index is 385. The number of fused-ring (bicyclic) bond motifs is 1. The zero-order valence-corrected chi connectivity index (χ0v) is 9.43. The Morgan fingerprint density at radius 3 is 2.69 bits per heavy atom. The third kappa shape index (κ3) is 1.84. The predicted molar refractivity (Wildman–Crippen MR) is 64.7 cm³/mol. The molecule has 0 N–H and O–H groups in total. The molecule has 2 unspecified atom stereocenters. The summed E-state index contributed by atoms with van der Waals surface area (Å²) in [6.07, 6.45) is 6.64. The fraction of sp³-hybridized carbons (Fsp3) is 0.500. The lowest BCUT2D eigenvalue weighted by molar-refractivity contribution is 0.184. The molecule has 1 aromatic rings. The molecule has 0 radical (unpaired) electrons. The standard InChI is InChI=1S/C14H17NO/c1-3-7-11(8-4-1)14-15-12-9-5-2-6-10-13(12)16-14/h1,3-4,7-8,12-13H,2,5-6,9-10H2. The van der Waals surface area contributed by atoms with Crippen LogP contribution < -0.4 is 0 Å². The van der Waals surface area contributed by atoms with Gasteiger partial charge in [0.25, 0.3) is 0 Å². The summed E-state index contributed by atoms with van der Waals surface area (Å²) < 4.78 is 5.98. The van der Waals surface area contributed by atoms with Crippen LogP contribution in [0.2, 0.25) is 0 Å². The predicted octanol–water partition coefficient (Wildman–Crippen LogP) is 3.16. The van der Waals surface area contributed by atoms with Crippen LogP contribution >= 0.6 is 0 Å². The number of benzene rings is 1. The fourth-order valence-electron chi connectivity index (χ4n) is 2.59. The lowest BCUT2D eigenvalue weighted by Crippen LogP contribution is -2.20. The highest BCUT2D eigenvalue weighted by Crippen LogP contribution is 2.29. The lowest BCUT2D eigenvalue weighted by atomic mass is 10.1. The molecule has 84 valence electrons. The van der Waals surface area contributed by atoms with Gasteiger partial charge < -0.3 is 4.74 Å². The van der Waals surface area contributed by atoms with Gasteiger partial charge in [0.2, 0.25) is 5.90 Å². The van der Waals surface area contributed by atoms with Gasteiger partial charge in [-0.2, -0.15) is 0 Å². The number of rotatable bonds is 1. The van der Waals surface area contributed by atoms with Crippen LogP contribution in [0.5, 0.6) is 0 Å². The van der Waals surface area contributed by atoms with Gasteiger partial charge in [0, 0.05) is 5.56 Å². The smallest absolute Gasteiger partial charge is 0.216 e. The molecule has 0 bridgehead atoms. The van der Waals surface area contributed by atoms with E-state index >= 15 is 0 Å². The Labute approximate surface area is 96.3 Å². The number of nitrogens with zero attached hydrogens (tertiary/aromatic N) is 1. The normalized spacial score (nSPS) is 28.9. The van der Waals surface area contributed by atoms with Crippen molar-refractivity contribution in [3.63, 3.8) is 0 Å². The van der Waals surface area contributed by atoms with Crippen LogP contribution in [-0.4, -0.2) is 18.0 Å². The molecule has 0 saturated heterocycles. The van der Waals surface area contributed by atoms with Gasteiger partial charge in [-0.3, -0.25) is 0 Å². The van der Waals surface area contributed by atoms with Crippen molar-refractivity contribution in [2.24, 2.45) is 4.99 Å². The van der Waals surface area contributed by atoms with Crippen molar-refractivity contribution in [2.75, 3.05) is 0 Å². The number of hydrogen-bond acceptors (Lipinski definition) is 2. The average molecular weight is 215 g/mol. The van der Waals surface area contributed by atoms with Gasteiger partial charge in [-0.1, -0.05) is 31.0 Å². The second-order valence-corrected chi connectivity index (χ2v) is 4.66. The lowest BCUT2D eigenvalue weighted by Gasteiger charge is -2.13. The molecule has 2 nitrogen and oxygen atoms in total. The zero-order chi connectivity index (χ0) is 10.8. The maximum absolute atomic E-state index is 5.98. The highest BCUT2D eigenvalue weighted by molar-refractivity contribution is 5.95. The van der Waals surface area contributed by atoms with Crippen molar-refractivity contribution in [1.29, 1.82) is 0 Å². The Morgan fingerprint density at radius 2 is 1.81 bits per heavy atom. The van der Waals surface area contributed by atoms with Gasteiger partial charge in [-0.05, 0) is 31.4 Å². The van der Waals surface area contributed by atoms with Crippen molar-refractivity contribution < 1.29 is 4.74 Å². The first-order valence-corrected chi connectivity index (χ1v) is 6.23. The fourth-order valence-corrected chi connectivity index (χ4v) is 2.59. The van der Waals surface area contributed by atoms with E-state index in [1.165, 1.54) is 32.1 Å². The maximum Gasteiger partial charge on any atom is 0.216 e. The highest BCUT2D eigenvalue weighted by atomic mass is 16.5. The summed E-state index contributed by atoms with van der Waals surface area (Å²) in [5, 5.41) is 0. The van der Waals surface area contributed by atoms with Gasteiger partial charge in [0.15, 0.2) is 0 Å². The number of ether oxygens (including phenoxy) is 1.